The molecular weight excluding hydrogens is 367 g/mol. The number of halogens is 3. The molecule has 0 saturated heterocycles. The van der Waals surface area contributed by atoms with Crippen molar-refractivity contribution < 1.29 is 13.2 Å². The zero-order valence-electron chi connectivity index (χ0n) is 15.8. The topological polar surface area (TPSA) is 45.2 Å². The average molecular weight is 387 g/mol. The number of anilines is 2. The van der Waals surface area contributed by atoms with Crippen LogP contribution in [0, 0.1) is 0 Å². The lowest BCUT2D eigenvalue weighted by molar-refractivity contribution is -0.141. The molecule has 28 heavy (non-hydrogen) atoms. The molecule has 0 atom stereocenters. The van der Waals surface area contributed by atoms with E-state index < -0.39 is 11.9 Å². The Balaban J connectivity index is 1.97. The normalized spacial score (nSPS) is 11.4. The highest BCUT2D eigenvalue weighted by Crippen LogP contribution is 2.31. The molecule has 0 spiro atoms. The summed E-state index contributed by atoms with van der Waals surface area (Å²) in [7, 11) is 5.57. The van der Waals surface area contributed by atoms with Crippen LogP contribution >= 0.6 is 0 Å². The van der Waals surface area contributed by atoms with Gasteiger partial charge in [-0.05, 0) is 29.8 Å². The van der Waals surface area contributed by atoms with Gasteiger partial charge in [0.15, 0.2) is 11.5 Å². The summed E-state index contributed by atoms with van der Waals surface area (Å²) in [5, 5.41) is 0. The van der Waals surface area contributed by atoms with Crippen LogP contribution < -0.4 is 9.80 Å². The summed E-state index contributed by atoms with van der Waals surface area (Å²) in [6.45, 7) is 0.400. The van der Waals surface area contributed by atoms with Crippen molar-refractivity contribution in [3.05, 3.63) is 66.0 Å². The monoisotopic (exact) mass is 387 g/mol. The molecule has 0 amide bonds. The van der Waals surface area contributed by atoms with Crippen LogP contribution in [0.25, 0.3) is 11.5 Å². The number of alkyl halides is 3. The second-order valence-corrected chi connectivity index (χ2v) is 6.57. The average Bonchev–Trinajstić information content (AvgIpc) is 2.68. The Labute approximate surface area is 161 Å². The fraction of sp³-hybridized carbons (Fsp3) is 0.250. The molecule has 8 heteroatoms. The molecule has 0 unspecified atom stereocenters. The van der Waals surface area contributed by atoms with Crippen molar-refractivity contribution in [3.63, 3.8) is 0 Å². The van der Waals surface area contributed by atoms with Gasteiger partial charge in [0.05, 0.1) is 0 Å². The van der Waals surface area contributed by atoms with Crippen LogP contribution in [0.4, 0.5) is 24.7 Å². The largest absolute Gasteiger partial charge is 0.433 e. The summed E-state index contributed by atoms with van der Waals surface area (Å²) >= 11 is 0. The molecule has 0 radical (unpaired) electrons. The lowest BCUT2D eigenvalue weighted by atomic mass is 10.2. The van der Waals surface area contributed by atoms with Gasteiger partial charge in [0, 0.05) is 45.6 Å². The van der Waals surface area contributed by atoms with Crippen LogP contribution in [0.15, 0.2) is 54.7 Å². The Kier molecular flexibility index (Phi) is 5.48. The van der Waals surface area contributed by atoms with Crippen LogP contribution in [0.5, 0.6) is 0 Å². The van der Waals surface area contributed by atoms with Crippen molar-refractivity contribution in [1.82, 2.24) is 15.0 Å². The lowest BCUT2D eigenvalue weighted by Crippen LogP contribution is -2.20. The van der Waals surface area contributed by atoms with E-state index in [0.29, 0.717) is 6.54 Å². The van der Waals surface area contributed by atoms with E-state index in [1.165, 1.54) is 6.20 Å². The Bertz CT molecular complexity index is 942. The van der Waals surface area contributed by atoms with Crippen LogP contribution in [0.2, 0.25) is 0 Å². The zero-order valence-corrected chi connectivity index (χ0v) is 15.8. The number of hydrogen-bond donors (Lipinski definition) is 0. The van der Waals surface area contributed by atoms with E-state index in [4.69, 9.17) is 0 Å². The highest BCUT2D eigenvalue weighted by Gasteiger charge is 2.34. The Morgan fingerprint density at radius 1 is 0.929 bits per heavy atom. The first kappa shape index (κ1) is 19.6. The standard InChI is InChI=1S/C20H20F3N5/c1-27(2)15-8-6-7-14(11-15)13-28(3)18-12-17(20(21,22)23)25-19(26-18)16-9-4-5-10-24-16/h4-12H,13H2,1-3H3. The number of aromatic nitrogens is 3. The van der Waals surface area contributed by atoms with Crippen molar-refractivity contribution >= 4 is 11.5 Å². The van der Waals surface area contributed by atoms with Gasteiger partial charge in [-0.3, -0.25) is 4.98 Å². The molecule has 0 fully saturated rings. The Morgan fingerprint density at radius 3 is 2.36 bits per heavy atom. The maximum Gasteiger partial charge on any atom is 0.433 e. The van der Waals surface area contributed by atoms with Crippen LogP contribution in [0.1, 0.15) is 11.3 Å². The molecule has 1 aromatic carbocycles. The zero-order chi connectivity index (χ0) is 20.3. The smallest absolute Gasteiger partial charge is 0.378 e. The quantitative estimate of drug-likeness (QED) is 0.655. The fourth-order valence-electron chi connectivity index (χ4n) is 2.67. The van der Waals surface area contributed by atoms with E-state index in [-0.39, 0.29) is 17.3 Å². The minimum Gasteiger partial charge on any atom is -0.378 e. The van der Waals surface area contributed by atoms with Gasteiger partial charge in [-0.15, -0.1) is 0 Å². The number of hydrogen-bond acceptors (Lipinski definition) is 5. The van der Waals surface area contributed by atoms with Gasteiger partial charge in [-0.2, -0.15) is 13.2 Å². The van der Waals surface area contributed by atoms with Gasteiger partial charge < -0.3 is 9.80 Å². The molecule has 0 N–H and O–H groups in total. The summed E-state index contributed by atoms with van der Waals surface area (Å²) in [6.07, 6.45) is -3.08. The van der Waals surface area contributed by atoms with E-state index in [2.05, 4.69) is 15.0 Å². The third kappa shape index (κ3) is 4.57. The molecule has 3 aromatic rings. The van der Waals surface area contributed by atoms with Crippen LogP contribution in [0.3, 0.4) is 0 Å². The SMILES string of the molecule is CN(C)c1cccc(CN(C)c2cc(C(F)(F)F)nc(-c3ccccn3)n2)c1. The van der Waals surface area contributed by atoms with Gasteiger partial charge >= 0.3 is 6.18 Å². The first-order valence-electron chi connectivity index (χ1n) is 8.59. The summed E-state index contributed by atoms with van der Waals surface area (Å²) in [5.74, 6) is 0.123. The summed E-state index contributed by atoms with van der Waals surface area (Å²) in [5.41, 5.74) is 1.27. The molecule has 146 valence electrons. The van der Waals surface area contributed by atoms with Gasteiger partial charge in [0.2, 0.25) is 0 Å². The number of benzene rings is 1. The summed E-state index contributed by atoms with van der Waals surface area (Å²) in [4.78, 5) is 15.7. The second kappa shape index (κ2) is 7.84. The first-order valence-corrected chi connectivity index (χ1v) is 8.59. The Morgan fingerprint density at radius 2 is 1.71 bits per heavy atom. The van der Waals surface area contributed by atoms with Gasteiger partial charge in [-0.25, -0.2) is 9.97 Å². The predicted octanol–water partition coefficient (Wildman–Crippen LogP) is 4.26. The number of nitrogens with zero attached hydrogens (tertiary/aromatic N) is 5. The summed E-state index contributed by atoms with van der Waals surface area (Å²) < 4.78 is 40.1. The Hall–Kier alpha value is -3.16. The molecule has 0 aliphatic carbocycles. The fourth-order valence-corrected chi connectivity index (χ4v) is 2.67. The summed E-state index contributed by atoms with van der Waals surface area (Å²) in [6, 6.07) is 13.7. The van der Waals surface area contributed by atoms with Crippen molar-refractivity contribution in [2.45, 2.75) is 12.7 Å². The molecule has 0 saturated carbocycles. The van der Waals surface area contributed by atoms with Crippen LogP contribution in [-0.2, 0) is 12.7 Å². The van der Waals surface area contributed by atoms with E-state index in [1.54, 1.807) is 30.1 Å². The van der Waals surface area contributed by atoms with Crippen LogP contribution in [-0.4, -0.2) is 36.1 Å². The molecule has 2 aromatic heterocycles. The second-order valence-electron chi connectivity index (χ2n) is 6.57. The number of pyridine rings is 1. The lowest BCUT2D eigenvalue weighted by Gasteiger charge is -2.21. The van der Waals surface area contributed by atoms with E-state index in [9.17, 15) is 13.2 Å². The number of rotatable bonds is 5. The molecule has 0 bridgehead atoms. The van der Waals surface area contributed by atoms with Crippen molar-refractivity contribution in [2.24, 2.45) is 0 Å². The van der Waals surface area contributed by atoms with Crippen molar-refractivity contribution in [1.29, 1.82) is 0 Å². The molecule has 3 rings (SSSR count). The highest BCUT2D eigenvalue weighted by atomic mass is 19.4. The minimum atomic E-state index is -4.58. The van der Waals surface area contributed by atoms with Gasteiger partial charge in [-0.1, -0.05) is 18.2 Å². The van der Waals surface area contributed by atoms with E-state index in [1.807, 2.05) is 43.3 Å². The van der Waals surface area contributed by atoms with E-state index in [0.717, 1.165) is 17.3 Å². The van der Waals surface area contributed by atoms with E-state index >= 15 is 0 Å². The van der Waals surface area contributed by atoms with Gasteiger partial charge in [0.25, 0.3) is 0 Å². The molecule has 2 heterocycles. The highest BCUT2D eigenvalue weighted by molar-refractivity contribution is 5.54. The first-order chi connectivity index (χ1) is 13.2. The van der Waals surface area contributed by atoms with Crippen molar-refractivity contribution in [3.8, 4) is 11.5 Å². The maximum atomic E-state index is 13.4. The molecule has 0 aliphatic rings. The van der Waals surface area contributed by atoms with Crippen molar-refractivity contribution in [2.75, 3.05) is 30.9 Å². The molecule has 0 aliphatic heterocycles. The minimum absolute atomic E-state index is 0.0562. The third-order valence-corrected chi connectivity index (χ3v) is 4.13. The predicted molar refractivity (Wildman–Crippen MR) is 103 cm³/mol. The molecular formula is C20H20F3N5. The maximum absolute atomic E-state index is 13.4. The van der Waals surface area contributed by atoms with Gasteiger partial charge in [0.1, 0.15) is 11.5 Å². The molecule has 5 nitrogen and oxygen atoms in total. The third-order valence-electron chi connectivity index (χ3n) is 4.13.